The van der Waals surface area contributed by atoms with Gasteiger partial charge in [-0.15, -0.1) is 0 Å². The molecule has 234 valence electrons. The van der Waals surface area contributed by atoms with Crippen molar-refractivity contribution in [1.82, 2.24) is 10.7 Å². The van der Waals surface area contributed by atoms with Crippen molar-refractivity contribution in [2.45, 2.75) is 30.8 Å². The molecule has 3 aromatic carbocycles. The summed E-state index contributed by atoms with van der Waals surface area (Å²) < 4.78 is 50.0. The zero-order valence-corrected chi connectivity index (χ0v) is 25.6. The molecule has 1 heterocycles. The highest BCUT2D eigenvalue weighted by molar-refractivity contribution is 7.92. The third-order valence-electron chi connectivity index (χ3n) is 6.76. The highest BCUT2D eigenvalue weighted by Crippen LogP contribution is 2.35. The van der Waals surface area contributed by atoms with Crippen LogP contribution in [-0.2, 0) is 24.3 Å². The Labute approximate surface area is 257 Å². The van der Waals surface area contributed by atoms with E-state index in [2.05, 4.69) is 15.8 Å². The highest BCUT2D eigenvalue weighted by atomic mass is 32.2. The second-order valence-electron chi connectivity index (χ2n) is 9.95. The minimum Gasteiger partial charge on any atom is -0.497 e. The second-order valence-corrected chi connectivity index (χ2v) is 11.8. The summed E-state index contributed by atoms with van der Waals surface area (Å²) >= 11 is 0. The van der Waals surface area contributed by atoms with Crippen LogP contribution in [0.15, 0.2) is 76.7 Å². The van der Waals surface area contributed by atoms with Crippen molar-refractivity contribution in [3.8, 4) is 17.2 Å². The van der Waals surface area contributed by atoms with Crippen molar-refractivity contribution >= 4 is 33.7 Å². The summed E-state index contributed by atoms with van der Waals surface area (Å²) in [6, 6.07) is 17.7. The quantitative estimate of drug-likeness (QED) is 0.206. The Bertz CT molecular complexity index is 1550. The summed E-state index contributed by atoms with van der Waals surface area (Å²) in [4.78, 5) is 25.0. The van der Waals surface area contributed by atoms with Crippen LogP contribution in [0.2, 0.25) is 0 Å². The van der Waals surface area contributed by atoms with Crippen LogP contribution < -0.4 is 29.3 Å². The lowest BCUT2D eigenvalue weighted by Gasteiger charge is -2.25. The Morgan fingerprint density at radius 3 is 2.39 bits per heavy atom. The van der Waals surface area contributed by atoms with E-state index in [1.807, 2.05) is 6.92 Å². The van der Waals surface area contributed by atoms with Gasteiger partial charge in [0.1, 0.15) is 23.8 Å². The largest absolute Gasteiger partial charge is 0.497 e. The van der Waals surface area contributed by atoms with E-state index in [0.717, 1.165) is 29.3 Å². The number of ether oxygens (including phenoxy) is 4. The van der Waals surface area contributed by atoms with Crippen LogP contribution in [0.3, 0.4) is 0 Å². The lowest BCUT2D eigenvalue weighted by atomic mass is 10.2. The summed E-state index contributed by atoms with van der Waals surface area (Å²) in [6.45, 7) is 2.34. The maximum absolute atomic E-state index is 13.7. The molecule has 2 N–H and O–H groups in total. The monoisotopic (exact) mass is 624 g/mol. The topological polar surface area (TPSA) is 145 Å². The van der Waals surface area contributed by atoms with Crippen molar-refractivity contribution in [1.29, 1.82) is 0 Å². The van der Waals surface area contributed by atoms with Crippen LogP contribution in [-0.4, -0.2) is 73.1 Å². The normalized spacial score (nSPS) is 14.7. The molecule has 0 bridgehead atoms. The molecule has 0 aliphatic carbocycles. The molecule has 4 rings (SSSR count). The molecule has 1 fully saturated rings. The predicted octanol–water partition coefficient (Wildman–Crippen LogP) is 3.03. The van der Waals surface area contributed by atoms with E-state index in [1.54, 1.807) is 42.5 Å². The number of benzene rings is 3. The molecule has 1 atom stereocenters. The summed E-state index contributed by atoms with van der Waals surface area (Å²) in [7, 11) is -1.29. The summed E-state index contributed by atoms with van der Waals surface area (Å²) in [5.74, 6) is 0.243. The SMILES string of the molecule is COc1ccc(N(CC(=O)N/N=C\c2ccc(OCC(=O)NC[C@@H]3CCCO3)cc2)S(=O)(=O)c2ccc(C)cc2)c(OC)c1. The number of carbonyl (C=O) groups excluding carboxylic acids is 2. The first-order valence-electron chi connectivity index (χ1n) is 13.9. The average Bonchev–Trinajstić information content (AvgIpc) is 3.56. The number of nitrogens with zero attached hydrogens (tertiary/aromatic N) is 2. The fourth-order valence-electron chi connectivity index (χ4n) is 4.36. The minimum atomic E-state index is -4.17. The number of aryl methyl sites for hydroxylation is 1. The van der Waals surface area contributed by atoms with Crippen molar-refractivity contribution in [3.63, 3.8) is 0 Å². The minimum absolute atomic E-state index is 0.0138. The van der Waals surface area contributed by atoms with E-state index in [0.29, 0.717) is 23.6 Å². The van der Waals surface area contributed by atoms with E-state index < -0.39 is 22.5 Å². The molecule has 13 heteroatoms. The number of nitrogens with one attached hydrogen (secondary N) is 2. The summed E-state index contributed by atoms with van der Waals surface area (Å²) in [5, 5.41) is 6.77. The van der Waals surface area contributed by atoms with Crippen LogP contribution in [0.5, 0.6) is 17.2 Å². The molecule has 3 aromatic rings. The van der Waals surface area contributed by atoms with Gasteiger partial charge >= 0.3 is 0 Å². The van der Waals surface area contributed by atoms with Crippen molar-refractivity contribution in [2.75, 3.05) is 44.8 Å². The molecule has 0 radical (unpaired) electrons. The number of hydrogen-bond acceptors (Lipinski definition) is 9. The van der Waals surface area contributed by atoms with Crippen LogP contribution in [0, 0.1) is 6.92 Å². The first kappa shape index (κ1) is 32.3. The molecule has 1 saturated heterocycles. The summed E-state index contributed by atoms with van der Waals surface area (Å²) in [6.07, 6.45) is 3.41. The van der Waals surface area contributed by atoms with Crippen molar-refractivity contribution in [2.24, 2.45) is 5.10 Å². The van der Waals surface area contributed by atoms with Gasteiger partial charge < -0.3 is 24.3 Å². The average molecular weight is 625 g/mol. The molecule has 0 unspecified atom stereocenters. The zero-order chi connectivity index (χ0) is 31.5. The van der Waals surface area contributed by atoms with Gasteiger partial charge in [-0.05, 0) is 73.9 Å². The molecule has 44 heavy (non-hydrogen) atoms. The number of hydrazone groups is 1. The van der Waals surface area contributed by atoms with Gasteiger partial charge in [-0.2, -0.15) is 5.10 Å². The van der Waals surface area contributed by atoms with Crippen LogP contribution in [0.1, 0.15) is 24.0 Å². The smallest absolute Gasteiger partial charge is 0.264 e. The summed E-state index contributed by atoms with van der Waals surface area (Å²) in [5.41, 5.74) is 4.07. The zero-order valence-electron chi connectivity index (χ0n) is 24.8. The molecule has 0 aromatic heterocycles. The first-order valence-corrected chi connectivity index (χ1v) is 15.4. The second kappa shape index (κ2) is 15.2. The Hall–Kier alpha value is -4.62. The van der Waals surface area contributed by atoms with Crippen LogP contribution in [0.4, 0.5) is 5.69 Å². The fraction of sp³-hybridized carbons (Fsp3) is 0.323. The van der Waals surface area contributed by atoms with Gasteiger partial charge in [0.25, 0.3) is 21.8 Å². The molecule has 12 nitrogen and oxygen atoms in total. The molecule has 1 aliphatic heterocycles. The van der Waals surface area contributed by atoms with Crippen LogP contribution in [0.25, 0.3) is 0 Å². The Kier molecular flexibility index (Phi) is 11.2. The number of methoxy groups -OCH3 is 2. The molecular weight excluding hydrogens is 588 g/mol. The van der Waals surface area contributed by atoms with Gasteiger partial charge in [0.2, 0.25) is 0 Å². The van der Waals surface area contributed by atoms with E-state index in [9.17, 15) is 18.0 Å². The van der Waals surface area contributed by atoms with Crippen molar-refractivity contribution < 1.29 is 37.0 Å². The number of sulfonamides is 1. The van der Waals surface area contributed by atoms with E-state index in [-0.39, 0.29) is 35.0 Å². The van der Waals surface area contributed by atoms with Gasteiger partial charge in [-0.25, -0.2) is 13.8 Å². The molecule has 1 aliphatic rings. The van der Waals surface area contributed by atoms with Gasteiger partial charge in [0, 0.05) is 19.2 Å². The number of anilines is 1. The van der Waals surface area contributed by atoms with E-state index in [4.69, 9.17) is 18.9 Å². The maximum atomic E-state index is 13.7. The molecular formula is C31H36N4O8S. The third-order valence-corrected chi connectivity index (χ3v) is 8.53. The number of amides is 2. The van der Waals surface area contributed by atoms with Gasteiger partial charge in [0.15, 0.2) is 6.61 Å². The van der Waals surface area contributed by atoms with Crippen molar-refractivity contribution in [3.05, 3.63) is 77.9 Å². The number of hydrogen-bond donors (Lipinski definition) is 2. The Morgan fingerprint density at radius 2 is 1.73 bits per heavy atom. The van der Waals surface area contributed by atoms with Gasteiger partial charge in [0.05, 0.1) is 37.1 Å². The molecule has 0 spiro atoms. The van der Waals surface area contributed by atoms with Crippen LogP contribution >= 0.6 is 0 Å². The number of rotatable bonds is 14. The third kappa shape index (κ3) is 8.71. The lowest BCUT2D eigenvalue weighted by Crippen LogP contribution is -2.39. The first-order chi connectivity index (χ1) is 21.2. The Morgan fingerprint density at radius 1 is 1.00 bits per heavy atom. The van der Waals surface area contributed by atoms with Gasteiger partial charge in [-0.1, -0.05) is 17.7 Å². The van der Waals surface area contributed by atoms with E-state index >= 15 is 0 Å². The predicted molar refractivity (Wildman–Crippen MR) is 165 cm³/mol. The molecule has 0 saturated carbocycles. The fourth-order valence-corrected chi connectivity index (χ4v) is 5.79. The standard InChI is InChI=1S/C31H36N4O8S/c1-22-6-13-27(14-7-22)44(38,39)35(28-15-12-25(40-2)17-29(28)41-3)20-30(36)34-33-18-23-8-10-24(11-9-23)43-21-31(37)32-19-26-5-4-16-42-26/h6-15,17-18,26H,4-5,16,19-21H2,1-3H3,(H,32,37)(H,34,36)/b33-18-/t26-/m0/s1. The van der Waals surface area contributed by atoms with E-state index in [1.165, 1.54) is 44.7 Å². The Balaban J connectivity index is 1.38. The lowest BCUT2D eigenvalue weighted by molar-refractivity contribution is -0.123. The van der Waals surface area contributed by atoms with Gasteiger partial charge in [-0.3, -0.25) is 13.9 Å². The maximum Gasteiger partial charge on any atom is 0.264 e. The highest BCUT2D eigenvalue weighted by Gasteiger charge is 2.29. The number of carbonyl (C=O) groups is 2. The molecule has 2 amide bonds.